The average Bonchev–Trinajstić information content (AvgIpc) is 2.64. The number of hydrogen-bond donors (Lipinski definition) is 2. The number of imidazole rings is 1. The second-order valence-electron chi connectivity index (χ2n) is 4.75. The van der Waals surface area contributed by atoms with Crippen molar-refractivity contribution in [3.63, 3.8) is 0 Å². The molecule has 0 saturated heterocycles. The fourth-order valence-electron chi connectivity index (χ4n) is 2.74. The minimum Gasteiger partial charge on any atom is -0.382 e. The van der Waals surface area contributed by atoms with Gasteiger partial charge in [-0.1, -0.05) is 0 Å². The molecule has 0 atom stereocenters. The van der Waals surface area contributed by atoms with Crippen LogP contribution in [0.3, 0.4) is 0 Å². The molecule has 0 saturated carbocycles. The van der Waals surface area contributed by atoms with Crippen molar-refractivity contribution in [2.45, 2.75) is 13.0 Å². The lowest BCUT2D eigenvalue weighted by Gasteiger charge is -2.06. The molecule has 0 radical (unpaired) electrons. The Balaban J connectivity index is 2.17. The SMILES string of the molecule is Nc1nc2ncccc2c2c1nc1n2CCNCC1. The normalized spacial score (nSPS) is 15.6. The number of aromatic nitrogens is 4. The Labute approximate surface area is 109 Å². The van der Waals surface area contributed by atoms with E-state index in [4.69, 9.17) is 5.73 Å². The Morgan fingerprint density at radius 1 is 1.26 bits per heavy atom. The summed E-state index contributed by atoms with van der Waals surface area (Å²) in [5.74, 6) is 1.54. The Bertz CT molecular complexity index is 775. The lowest BCUT2D eigenvalue weighted by molar-refractivity contribution is 0.658. The van der Waals surface area contributed by atoms with Crippen molar-refractivity contribution in [1.29, 1.82) is 0 Å². The predicted octanol–water partition coefficient (Wildman–Crippen LogP) is 0.707. The van der Waals surface area contributed by atoms with Gasteiger partial charge in [-0.3, -0.25) is 0 Å². The summed E-state index contributed by atoms with van der Waals surface area (Å²) in [5, 5.41) is 4.41. The van der Waals surface area contributed by atoms with Crippen molar-refractivity contribution in [1.82, 2.24) is 24.8 Å². The zero-order valence-electron chi connectivity index (χ0n) is 10.4. The van der Waals surface area contributed by atoms with Crippen LogP contribution in [0.25, 0.3) is 22.1 Å². The van der Waals surface area contributed by atoms with Crippen molar-refractivity contribution >= 4 is 27.9 Å². The number of pyridine rings is 2. The topological polar surface area (TPSA) is 81.7 Å². The van der Waals surface area contributed by atoms with E-state index in [0.29, 0.717) is 11.5 Å². The molecule has 0 aliphatic carbocycles. The molecule has 3 aromatic heterocycles. The van der Waals surface area contributed by atoms with Gasteiger partial charge in [0.05, 0.1) is 5.52 Å². The first-order chi connectivity index (χ1) is 9.34. The van der Waals surface area contributed by atoms with Gasteiger partial charge >= 0.3 is 0 Å². The number of nitrogens with one attached hydrogen (secondary N) is 1. The smallest absolute Gasteiger partial charge is 0.163 e. The van der Waals surface area contributed by atoms with Gasteiger partial charge in [0, 0.05) is 37.6 Å². The molecule has 1 aliphatic rings. The molecule has 0 fully saturated rings. The monoisotopic (exact) mass is 254 g/mol. The fourth-order valence-corrected chi connectivity index (χ4v) is 2.74. The Hall–Kier alpha value is -2.21. The molecule has 3 aromatic rings. The molecule has 0 aromatic carbocycles. The Morgan fingerprint density at radius 3 is 3.16 bits per heavy atom. The van der Waals surface area contributed by atoms with E-state index < -0.39 is 0 Å². The molecule has 96 valence electrons. The van der Waals surface area contributed by atoms with Crippen molar-refractivity contribution in [3.05, 3.63) is 24.2 Å². The summed E-state index contributed by atoms with van der Waals surface area (Å²) in [5.41, 5.74) is 8.59. The number of nitrogen functional groups attached to an aromatic ring is 1. The van der Waals surface area contributed by atoms with Gasteiger partial charge in [0.2, 0.25) is 0 Å². The number of nitrogens with zero attached hydrogens (tertiary/aromatic N) is 4. The molecule has 0 spiro atoms. The largest absolute Gasteiger partial charge is 0.382 e. The predicted molar refractivity (Wildman–Crippen MR) is 73.8 cm³/mol. The van der Waals surface area contributed by atoms with Crippen molar-refractivity contribution in [3.8, 4) is 0 Å². The van der Waals surface area contributed by atoms with Crippen LogP contribution >= 0.6 is 0 Å². The highest BCUT2D eigenvalue weighted by atomic mass is 15.1. The lowest BCUT2D eigenvalue weighted by atomic mass is 10.2. The minimum absolute atomic E-state index is 0.467. The van der Waals surface area contributed by atoms with Gasteiger partial charge in [-0.05, 0) is 12.1 Å². The molecular weight excluding hydrogens is 240 g/mol. The van der Waals surface area contributed by atoms with Gasteiger partial charge in [0.1, 0.15) is 11.3 Å². The number of nitrogens with two attached hydrogens (primary N) is 1. The van der Waals surface area contributed by atoms with Crippen LogP contribution in [0.4, 0.5) is 5.82 Å². The van der Waals surface area contributed by atoms with Crippen LogP contribution in [0.15, 0.2) is 18.3 Å². The molecule has 0 unspecified atom stereocenters. The van der Waals surface area contributed by atoms with Crippen LogP contribution in [0.1, 0.15) is 5.82 Å². The highest BCUT2D eigenvalue weighted by Gasteiger charge is 2.18. The van der Waals surface area contributed by atoms with Crippen LogP contribution in [-0.4, -0.2) is 32.6 Å². The zero-order valence-corrected chi connectivity index (χ0v) is 10.4. The molecule has 4 heterocycles. The van der Waals surface area contributed by atoms with E-state index in [0.717, 1.165) is 48.3 Å². The van der Waals surface area contributed by atoms with Crippen LogP contribution in [0, 0.1) is 0 Å². The Kier molecular flexibility index (Phi) is 2.19. The molecule has 6 heteroatoms. The van der Waals surface area contributed by atoms with Crippen LogP contribution in [0.2, 0.25) is 0 Å². The average molecular weight is 254 g/mol. The van der Waals surface area contributed by atoms with Crippen LogP contribution in [-0.2, 0) is 13.0 Å². The summed E-state index contributed by atoms with van der Waals surface area (Å²) in [6.07, 6.45) is 2.65. The molecule has 4 rings (SSSR count). The van der Waals surface area contributed by atoms with Gasteiger partial charge < -0.3 is 15.6 Å². The number of hydrogen-bond acceptors (Lipinski definition) is 5. The second kappa shape index (κ2) is 3.89. The van der Waals surface area contributed by atoms with Gasteiger partial charge in [0.25, 0.3) is 0 Å². The van der Waals surface area contributed by atoms with Crippen molar-refractivity contribution in [2.24, 2.45) is 0 Å². The molecule has 3 N–H and O–H groups in total. The molecule has 1 aliphatic heterocycles. The maximum absolute atomic E-state index is 6.03. The first-order valence-electron chi connectivity index (χ1n) is 6.44. The summed E-state index contributed by atoms with van der Waals surface area (Å²) in [7, 11) is 0. The summed E-state index contributed by atoms with van der Waals surface area (Å²) >= 11 is 0. The quantitative estimate of drug-likeness (QED) is 0.617. The van der Waals surface area contributed by atoms with Gasteiger partial charge in [-0.25, -0.2) is 15.0 Å². The third-order valence-electron chi connectivity index (χ3n) is 3.59. The second-order valence-corrected chi connectivity index (χ2v) is 4.75. The first-order valence-corrected chi connectivity index (χ1v) is 6.44. The van der Waals surface area contributed by atoms with Gasteiger partial charge in [-0.15, -0.1) is 0 Å². The zero-order chi connectivity index (χ0) is 12.8. The van der Waals surface area contributed by atoms with Crippen LogP contribution in [0.5, 0.6) is 0 Å². The van der Waals surface area contributed by atoms with E-state index in [1.54, 1.807) is 6.20 Å². The van der Waals surface area contributed by atoms with E-state index in [-0.39, 0.29) is 0 Å². The van der Waals surface area contributed by atoms with E-state index in [9.17, 15) is 0 Å². The third kappa shape index (κ3) is 1.50. The Morgan fingerprint density at radius 2 is 2.21 bits per heavy atom. The first kappa shape index (κ1) is 10.7. The third-order valence-corrected chi connectivity index (χ3v) is 3.59. The van der Waals surface area contributed by atoms with E-state index in [1.165, 1.54) is 0 Å². The van der Waals surface area contributed by atoms with Crippen LogP contribution < -0.4 is 11.1 Å². The number of rotatable bonds is 0. The van der Waals surface area contributed by atoms with Crippen molar-refractivity contribution in [2.75, 3.05) is 18.8 Å². The lowest BCUT2D eigenvalue weighted by Crippen LogP contribution is -2.17. The standard InChI is InChI=1S/C13H14N6/c14-12-10-11(8-2-1-4-16-13(8)18-12)19-7-6-15-5-3-9(19)17-10/h1-2,4,15H,3,5-7H2,(H2,14,16,18). The maximum Gasteiger partial charge on any atom is 0.163 e. The maximum atomic E-state index is 6.03. The number of fused-ring (bicyclic) bond motifs is 5. The fraction of sp³-hybridized carbons (Fsp3) is 0.308. The minimum atomic E-state index is 0.467. The molecule has 6 nitrogen and oxygen atoms in total. The molecular formula is C13H14N6. The van der Waals surface area contributed by atoms with E-state index in [1.807, 2.05) is 12.1 Å². The molecule has 0 bridgehead atoms. The molecule has 0 amide bonds. The molecule has 19 heavy (non-hydrogen) atoms. The summed E-state index contributed by atoms with van der Waals surface area (Å²) < 4.78 is 2.25. The highest BCUT2D eigenvalue weighted by molar-refractivity contribution is 6.05. The van der Waals surface area contributed by atoms with Gasteiger partial charge in [-0.2, -0.15) is 0 Å². The van der Waals surface area contributed by atoms with Gasteiger partial charge in [0.15, 0.2) is 11.5 Å². The van der Waals surface area contributed by atoms with E-state index >= 15 is 0 Å². The number of anilines is 1. The van der Waals surface area contributed by atoms with E-state index in [2.05, 4.69) is 24.8 Å². The van der Waals surface area contributed by atoms with Crippen molar-refractivity contribution < 1.29 is 0 Å². The summed E-state index contributed by atoms with van der Waals surface area (Å²) in [6.45, 7) is 2.80. The summed E-state index contributed by atoms with van der Waals surface area (Å²) in [6, 6.07) is 3.96. The highest BCUT2D eigenvalue weighted by Crippen LogP contribution is 2.28. The summed E-state index contributed by atoms with van der Waals surface area (Å²) in [4.78, 5) is 13.3.